The Hall–Kier alpha value is -4.32. The van der Waals surface area contributed by atoms with E-state index in [4.69, 9.17) is 38.7 Å². The lowest BCUT2D eigenvalue weighted by Gasteiger charge is -2.16. The number of nitrogens with two attached hydrogens (primary N) is 1. The smallest absolute Gasteiger partial charge is 0.262 e. The Morgan fingerprint density at radius 3 is 2.40 bits per heavy atom. The molecule has 12 heteroatoms. The van der Waals surface area contributed by atoms with E-state index < -0.39 is 0 Å². The highest BCUT2D eigenvalue weighted by atomic mass is 35.5. The van der Waals surface area contributed by atoms with Crippen LogP contribution in [-0.4, -0.2) is 52.6 Å². The van der Waals surface area contributed by atoms with Crippen molar-refractivity contribution < 1.29 is 9.53 Å². The van der Waals surface area contributed by atoms with Gasteiger partial charge >= 0.3 is 0 Å². The van der Waals surface area contributed by atoms with Crippen molar-refractivity contribution in [1.82, 2.24) is 30.3 Å². The predicted molar refractivity (Wildman–Crippen MR) is 190 cm³/mol. The van der Waals surface area contributed by atoms with E-state index >= 15 is 0 Å². The SMILES string of the molecule is COc1nc(-c2cccc(-c3cccc(-c4ccn5c(=O)c(CNC[C@H](C)N)cnc5c4)c3Cl)c2Cl)ccc1CNC[C@@H]1CCC(=O)N1. The van der Waals surface area contributed by atoms with Crippen LogP contribution in [0.5, 0.6) is 5.88 Å². The Morgan fingerprint density at radius 1 is 0.979 bits per heavy atom. The van der Waals surface area contributed by atoms with Crippen LogP contribution in [0.15, 0.2) is 77.9 Å². The summed E-state index contributed by atoms with van der Waals surface area (Å²) in [6.45, 7) is 4.11. The molecule has 5 aromatic rings. The van der Waals surface area contributed by atoms with Crippen molar-refractivity contribution in [3.8, 4) is 39.4 Å². The van der Waals surface area contributed by atoms with Crippen molar-refractivity contribution in [3.63, 3.8) is 0 Å². The summed E-state index contributed by atoms with van der Waals surface area (Å²) in [5.74, 6) is 0.590. The Balaban J connectivity index is 1.25. The van der Waals surface area contributed by atoms with Gasteiger partial charge in [0.25, 0.3) is 5.56 Å². The lowest BCUT2D eigenvalue weighted by molar-refractivity contribution is -0.119. The minimum Gasteiger partial charge on any atom is -0.481 e. The Morgan fingerprint density at radius 2 is 1.69 bits per heavy atom. The van der Waals surface area contributed by atoms with Crippen LogP contribution in [0, 0.1) is 0 Å². The molecule has 3 aromatic heterocycles. The third-order valence-electron chi connectivity index (χ3n) is 8.36. The molecule has 0 spiro atoms. The number of hydrogen-bond donors (Lipinski definition) is 4. The van der Waals surface area contributed by atoms with Gasteiger partial charge in [0.15, 0.2) is 0 Å². The van der Waals surface area contributed by atoms with Crippen LogP contribution >= 0.6 is 23.2 Å². The fourth-order valence-electron chi connectivity index (χ4n) is 5.88. The summed E-state index contributed by atoms with van der Waals surface area (Å²) in [7, 11) is 1.59. The normalized spacial score (nSPS) is 15.1. The van der Waals surface area contributed by atoms with Gasteiger partial charge in [0, 0.05) is 90.5 Å². The Kier molecular flexibility index (Phi) is 10.4. The number of hydrogen-bond acceptors (Lipinski definition) is 8. The average Bonchev–Trinajstić information content (AvgIpc) is 3.50. The zero-order valence-corrected chi connectivity index (χ0v) is 28.2. The summed E-state index contributed by atoms with van der Waals surface area (Å²) in [5, 5.41) is 10.6. The number of rotatable bonds is 12. The number of methoxy groups -OCH3 is 1. The Labute approximate surface area is 288 Å². The summed E-state index contributed by atoms with van der Waals surface area (Å²) in [4.78, 5) is 33.9. The number of nitrogens with one attached hydrogen (secondary N) is 3. The van der Waals surface area contributed by atoms with E-state index in [0.29, 0.717) is 65.4 Å². The van der Waals surface area contributed by atoms with E-state index in [1.54, 1.807) is 19.5 Å². The van der Waals surface area contributed by atoms with E-state index in [9.17, 15) is 9.59 Å². The molecule has 1 aliphatic rings. The summed E-state index contributed by atoms with van der Waals surface area (Å²) < 4.78 is 7.17. The zero-order chi connectivity index (χ0) is 33.8. The van der Waals surface area contributed by atoms with Crippen molar-refractivity contribution >= 4 is 34.8 Å². The van der Waals surface area contributed by atoms with Crippen molar-refractivity contribution in [2.75, 3.05) is 20.2 Å². The molecule has 0 radical (unpaired) electrons. The lowest BCUT2D eigenvalue weighted by atomic mass is 9.97. The van der Waals surface area contributed by atoms with E-state index in [-0.39, 0.29) is 23.6 Å². The van der Waals surface area contributed by atoms with Crippen molar-refractivity contribution in [1.29, 1.82) is 0 Å². The summed E-state index contributed by atoms with van der Waals surface area (Å²) >= 11 is 14.1. The molecule has 0 aliphatic carbocycles. The van der Waals surface area contributed by atoms with E-state index in [1.165, 1.54) is 4.40 Å². The van der Waals surface area contributed by atoms with Gasteiger partial charge in [-0.25, -0.2) is 9.97 Å². The second kappa shape index (κ2) is 14.8. The third-order valence-corrected chi connectivity index (χ3v) is 9.18. The van der Waals surface area contributed by atoms with Gasteiger partial charge in [-0.15, -0.1) is 0 Å². The second-order valence-corrected chi connectivity index (χ2v) is 12.7. The van der Waals surface area contributed by atoms with Gasteiger partial charge in [-0.2, -0.15) is 0 Å². The fourth-order valence-corrected chi connectivity index (χ4v) is 6.54. The first-order valence-corrected chi connectivity index (χ1v) is 16.6. The van der Waals surface area contributed by atoms with Crippen LogP contribution in [0.3, 0.4) is 0 Å². The average molecular weight is 687 g/mol. The topological polar surface area (TPSA) is 136 Å². The molecular weight excluding hydrogens is 649 g/mol. The van der Waals surface area contributed by atoms with Crippen LogP contribution < -0.4 is 32.0 Å². The molecule has 1 fully saturated rings. The van der Waals surface area contributed by atoms with Crippen LogP contribution in [0.1, 0.15) is 30.9 Å². The van der Waals surface area contributed by atoms with Gasteiger partial charge in [0.2, 0.25) is 11.8 Å². The predicted octanol–water partition coefficient (Wildman–Crippen LogP) is 5.21. The zero-order valence-electron chi connectivity index (χ0n) is 26.7. The van der Waals surface area contributed by atoms with Crippen molar-refractivity contribution in [2.45, 2.75) is 44.9 Å². The van der Waals surface area contributed by atoms with Crippen LogP contribution in [0.2, 0.25) is 10.0 Å². The molecule has 6 rings (SSSR count). The molecule has 248 valence electrons. The highest BCUT2D eigenvalue weighted by Crippen LogP contribution is 2.42. The molecule has 48 heavy (non-hydrogen) atoms. The minimum atomic E-state index is -0.138. The number of halogens is 2. The first-order chi connectivity index (χ1) is 23.2. The van der Waals surface area contributed by atoms with E-state index in [0.717, 1.165) is 39.8 Å². The standard InChI is InChI=1S/C36H37Cl2N7O3/c1-21(39)16-40-18-24-19-42-31-15-22(13-14-45(31)36(24)47)26-5-3-6-27(33(26)37)28-7-4-8-29(34(28)38)30-11-9-23(35(44-30)48-2)17-41-20-25-10-12-32(46)43-25/h3-9,11,13-15,19,21,25,40-41H,10,12,16-18,20,39H2,1-2H3,(H,43,46)/t21-,25-/m0/s1. The van der Waals surface area contributed by atoms with Crippen LogP contribution in [0.25, 0.3) is 39.2 Å². The number of nitrogens with zero attached hydrogens (tertiary/aromatic N) is 3. The maximum atomic E-state index is 13.1. The number of pyridine rings is 2. The summed E-state index contributed by atoms with van der Waals surface area (Å²) in [5.41, 5.74) is 12.2. The third kappa shape index (κ3) is 7.23. The van der Waals surface area contributed by atoms with Gasteiger partial charge in [0.05, 0.1) is 22.8 Å². The van der Waals surface area contributed by atoms with E-state index in [2.05, 4.69) is 20.9 Å². The largest absolute Gasteiger partial charge is 0.481 e. The van der Waals surface area contributed by atoms with Gasteiger partial charge in [-0.1, -0.05) is 65.7 Å². The lowest BCUT2D eigenvalue weighted by Crippen LogP contribution is -2.35. The number of carbonyl (C=O) groups is 1. The molecule has 1 amide bonds. The molecule has 10 nitrogen and oxygen atoms in total. The maximum Gasteiger partial charge on any atom is 0.262 e. The van der Waals surface area contributed by atoms with Crippen LogP contribution in [0.4, 0.5) is 0 Å². The van der Waals surface area contributed by atoms with Gasteiger partial charge in [0.1, 0.15) is 5.65 Å². The number of amides is 1. The first kappa shape index (κ1) is 33.6. The molecule has 4 heterocycles. The quantitative estimate of drug-likeness (QED) is 0.141. The van der Waals surface area contributed by atoms with Gasteiger partial charge in [-0.05, 0) is 37.1 Å². The number of ether oxygens (including phenoxy) is 1. The second-order valence-electron chi connectivity index (χ2n) is 12.0. The highest BCUT2D eigenvalue weighted by Gasteiger charge is 2.21. The number of carbonyl (C=O) groups excluding carboxylic acids is 1. The summed E-state index contributed by atoms with van der Waals surface area (Å²) in [6.07, 6.45) is 4.72. The number of benzene rings is 2. The monoisotopic (exact) mass is 685 g/mol. The van der Waals surface area contributed by atoms with Crippen molar-refractivity contribution in [2.24, 2.45) is 5.73 Å². The molecule has 2 atom stereocenters. The van der Waals surface area contributed by atoms with Gasteiger partial charge in [-0.3, -0.25) is 14.0 Å². The number of fused-ring (bicyclic) bond motifs is 1. The fraction of sp³-hybridized carbons (Fsp3) is 0.278. The highest BCUT2D eigenvalue weighted by molar-refractivity contribution is 6.39. The molecular formula is C36H37Cl2N7O3. The van der Waals surface area contributed by atoms with Crippen LogP contribution in [-0.2, 0) is 17.9 Å². The molecule has 1 aliphatic heterocycles. The molecule has 0 unspecified atom stereocenters. The van der Waals surface area contributed by atoms with Crippen molar-refractivity contribution in [3.05, 3.63) is 105 Å². The molecule has 2 aromatic carbocycles. The number of aromatic nitrogens is 3. The minimum absolute atomic E-state index is 0.0128. The molecule has 0 bridgehead atoms. The van der Waals surface area contributed by atoms with Gasteiger partial charge < -0.3 is 26.4 Å². The first-order valence-electron chi connectivity index (χ1n) is 15.8. The molecule has 5 N–H and O–H groups in total. The maximum absolute atomic E-state index is 13.1. The van der Waals surface area contributed by atoms with E-state index in [1.807, 2.05) is 67.6 Å². The summed E-state index contributed by atoms with van der Waals surface area (Å²) in [6, 6.07) is 19.3. The molecule has 0 saturated carbocycles. The molecule has 1 saturated heterocycles. The Bertz CT molecular complexity index is 2030.